The Balaban J connectivity index is 1.95. The first-order valence-corrected chi connectivity index (χ1v) is 8.74. The minimum Gasteiger partial charge on any atom is -0.507 e. The number of aromatic hydroxyl groups is 1. The van der Waals surface area contributed by atoms with Crippen LogP contribution in [0.3, 0.4) is 0 Å². The molecular weight excluding hydrogens is 368 g/mol. The molecular formula is C19H16N2O5S. The third-order valence-corrected chi connectivity index (χ3v) is 4.68. The van der Waals surface area contributed by atoms with Crippen LogP contribution < -0.4 is 0 Å². The molecule has 7 nitrogen and oxygen atoms in total. The zero-order valence-electron chi connectivity index (χ0n) is 14.4. The predicted octanol–water partition coefficient (Wildman–Crippen LogP) is 3.78. The fourth-order valence-electron chi connectivity index (χ4n) is 2.42. The van der Waals surface area contributed by atoms with Crippen molar-refractivity contribution in [2.24, 2.45) is 4.99 Å². The number of aryl methyl sites for hydroxylation is 1. The van der Waals surface area contributed by atoms with E-state index in [0.717, 1.165) is 17.5 Å². The molecule has 0 spiro atoms. The van der Waals surface area contributed by atoms with E-state index in [1.807, 2.05) is 6.92 Å². The van der Waals surface area contributed by atoms with Gasteiger partial charge in [-0.2, -0.15) is 0 Å². The average molecular weight is 384 g/mol. The van der Waals surface area contributed by atoms with Gasteiger partial charge in [0.05, 0.1) is 10.6 Å². The molecule has 0 saturated carbocycles. The molecule has 1 fully saturated rings. The molecule has 3 rings (SSSR count). The van der Waals surface area contributed by atoms with Crippen LogP contribution in [-0.2, 0) is 4.79 Å². The van der Waals surface area contributed by atoms with Crippen molar-refractivity contribution in [3.63, 3.8) is 0 Å². The van der Waals surface area contributed by atoms with Crippen molar-refractivity contribution in [2.75, 3.05) is 6.54 Å². The Hall–Kier alpha value is -3.26. The number of hydrogen-bond acceptors (Lipinski definition) is 6. The monoisotopic (exact) mass is 384 g/mol. The number of carboxylic acid groups (broad SMARTS) is 1. The maximum absolute atomic E-state index is 12.7. The number of carbonyl (C=O) groups is 2. The third-order valence-electron chi connectivity index (χ3n) is 3.67. The number of carbonyl (C=O) groups excluding carboxylic acids is 1. The lowest BCUT2D eigenvalue weighted by molar-refractivity contribution is -0.121. The molecule has 0 bridgehead atoms. The first-order valence-electron chi connectivity index (χ1n) is 7.93. The third kappa shape index (κ3) is 3.95. The highest BCUT2D eigenvalue weighted by Gasteiger charge is 2.33. The van der Waals surface area contributed by atoms with E-state index in [2.05, 4.69) is 11.6 Å². The van der Waals surface area contributed by atoms with Crippen LogP contribution in [0.15, 0.2) is 57.3 Å². The maximum atomic E-state index is 12.7. The second kappa shape index (κ2) is 7.55. The minimum atomic E-state index is -1.23. The highest BCUT2D eigenvalue weighted by atomic mass is 32.2. The summed E-state index contributed by atoms with van der Waals surface area (Å²) in [4.78, 5) is 29.9. The van der Waals surface area contributed by atoms with Gasteiger partial charge in [-0.1, -0.05) is 6.08 Å². The number of benzene rings is 1. The van der Waals surface area contributed by atoms with Gasteiger partial charge in [-0.15, -0.1) is 6.58 Å². The highest BCUT2D eigenvalue weighted by Crippen LogP contribution is 2.35. The van der Waals surface area contributed by atoms with E-state index in [9.17, 15) is 14.7 Å². The summed E-state index contributed by atoms with van der Waals surface area (Å²) in [5.74, 6) is -0.561. The van der Waals surface area contributed by atoms with E-state index >= 15 is 0 Å². The zero-order chi connectivity index (χ0) is 19.6. The molecule has 0 unspecified atom stereocenters. The van der Waals surface area contributed by atoms with Crippen molar-refractivity contribution in [1.82, 2.24) is 4.90 Å². The van der Waals surface area contributed by atoms with Crippen LogP contribution in [0.1, 0.15) is 21.9 Å². The van der Waals surface area contributed by atoms with Crippen molar-refractivity contribution < 1.29 is 24.2 Å². The molecule has 1 amide bonds. The second-order valence-electron chi connectivity index (χ2n) is 5.66. The van der Waals surface area contributed by atoms with Gasteiger partial charge in [0.1, 0.15) is 22.8 Å². The molecule has 1 aliphatic heterocycles. The predicted molar refractivity (Wildman–Crippen MR) is 103 cm³/mol. The molecule has 1 aromatic heterocycles. The molecule has 2 N–H and O–H groups in total. The lowest BCUT2D eigenvalue weighted by atomic mass is 10.2. The number of nitrogens with zero attached hydrogens (tertiary/aromatic N) is 2. The van der Waals surface area contributed by atoms with Crippen molar-refractivity contribution in [1.29, 1.82) is 0 Å². The van der Waals surface area contributed by atoms with E-state index in [1.165, 1.54) is 23.1 Å². The zero-order valence-corrected chi connectivity index (χ0v) is 15.2. The molecule has 1 aliphatic rings. The number of amidine groups is 1. The van der Waals surface area contributed by atoms with E-state index in [-0.39, 0.29) is 18.0 Å². The Morgan fingerprint density at radius 3 is 2.74 bits per heavy atom. The summed E-state index contributed by atoms with van der Waals surface area (Å²) in [7, 11) is 0. The summed E-state index contributed by atoms with van der Waals surface area (Å²) >= 11 is 1.16. The summed E-state index contributed by atoms with van der Waals surface area (Å²) in [6.45, 7) is 5.73. The van der Waals surface area contributed by atoms with Gasteiger partial charge in [-0.3, -0.25) is 9.69 Å². The fraction of sp³-hybridized carbons (Fsp3) is 0.105. The van der Waals surface area contributed by atoms with E-state index < -0.39 is 11.7 Å². The number of phenols is 1. The number of amides is 1. The molecule has 1 saturated heterocycles. The van der Waals surface area contributed by atoms with Crippen LogP contribution >= 0.6 is 11.8 Å². The molecule has 1 aromatic carbocycles. The average Bonchev–Trinajstić information content (AvgIpc) is 3.13. The van der Waals surface area contributed by atoms with Gasteiger partial charge in [-0.05, 0) is 43.0 Å². The van der Waals surface area contributed by atoms with Crippen LogP contribution in [0.25, 0.3) is 6.08 Å². The molecule has 0 atom stereocenters. The maximum Gasteiger partial charge on any atom is 0.339 e. The van der Waals surface area contributed by atoms with E-state index in [4.69, 9.17) is 9.52 Å². The van der Waals surface area contributed by atoms with Crippen LogP contribution in [0.4, 0.5) is 5.69 Å². The van der Waals surface area contributed by atoms with Crippen molar-refractivity contribution in [2.45, 2.75) is 6.92 Å². The lowest BCUT2D eigenvalue weighted by Crippen LogP contribution is -2.29. The fourth-order valence-corrected chi connectivity index (χ4v) is 3.41. The Morgan fingerprint density at radius 1 is 1.37 bits per heavy atom. The van der Waals surface area contributed by atoms with Gasteiger partial charge in [0.2, 0.25) is 0 Å². The van der Waals surface area contributed by atoms with Crippen molar-refractivity contribution in [3.8, 4) is 5.75 Å². The van der Waals surface area contributed by atoms with E-state index in [1.54, 1.807) is 24.3 Å². The van der Waals surface area contributed by atoms with Gasteiger partial charge in [-0.25, -0.2) is 9.79 Å². The van der Waals surface area contributed by atoms with Gasteiger partial charge in [0.15, 0.2) is 5.17 Å². The summed E-state index contributed by atoms with van der Waals surface area (Å²) in [5, 5.41) is 19.2. The van der Waals surface area contributed by atoms with Gasteiger partial charge in [0.25, 0.3) is 5.91 Å². The lowest BCUT2D eigenvalue weighted by Gasteiger charge is -2.12. The topological polar surface area (TPSA) is 103 Å². The molecule has 2 aromatic rings. The van der Waals surface area contributed by atoms with Gasteiger partial charge < -0.3 is 14.6 Å². The molecule has 8 heteroatoms. The van der Waals surface area contributed by atoms with E-state index in [0.29, 0.717) is 21.5 Å². The molecule has 138 valence electrons. The summed E-state index contributed by atoms with van der Waals surface area (Å²) in [6, 6.07) is 7.54. The van der Waals surface area contributed by atoms with Crippen LogP contribution in [0.2, 0.25) is 0 Å². The van der Waals surface area contributed by atoms with Gasteiger partial charge >= 0.3 is 5.97 Å². The number of aromatic carboxylic acids is 1. The SMILES string of the molecule is C=CCN1C(=O)/C(=C/c2ccc(C)o2)SC1=Nc1ccc(C(=O)O)c(O)c1. The largest absolute Gasteiger partial charge is 0.507 e. The minimum absolute atomic E-state index is 0.217. The Kier molecular flexibility index (Phi) is 5.18. The first-order chi connectivity index (χ1) is 12.9. The van der Waals surface area contributed by atoms with Crippen LogP contribution in [0, 0.1) is 6.92 Å². The highest BCUT2D eigenvalue weighted by molar-refractivity contribution is 8.18. The number of furan rings is 1. The second-order valence-corrected chi connectivity index (χ2v) is 6.67. The molecule has 2 heterocycles. The smallest absolute Gasteiger partial charge is 0.339 e. The van der Waals surface area contributed by atoms with Gasteiger partial charge in [0, 0.05) is 18.7 Å². The number of thioether (sulfide) groups is 1. The van der Waals surface area contributed by atoms with Crippen LogP contribution in [0.5, 0.6) is 5.75 Å². The molecule has 0 radical (unpaired) electrons. The Labute approximate surface area is 159 Å². The Bertz CT molecular complexity index is 990. The van der Waals surface area contributed by atoms with Crippen LogP contribution in [-0.4, -0.2) is 38.7 Å². The number of rotatable bonds is 5. The normalized spacial score (nSPS) is 17.1. The number of hydrogen-bond donors (Lipinski definition) is 2. The first kappa shape index (κ1) is 18.5. The quantitative estimate of drug-likeness (QED) is 0.601. The Morgan fingerprint density at radius 2 is 2.15 bits per heavy atom. The number of aliphatic imine (C=N–C) groups is 1. The molecule has 0 aliphatic carbocycles. The summed E-state index contributed by atoms with van der Waals surface area (Å²) < 4.78 is 5.48. The van der Waals surface area contributed by atoms with Crippen molar-refractivity contribution in [3.05, 3.63) is 65.0 Å². The molecule has 27 heavy (non-hydrogen) atoms. The summed E-state index contributed by atoms with van der Waals surface area (Å²) in [5.41, 5.74) is 0.114. The number of carboxylic acids is 1. The standard InChI is InChI=1S/C19H16N2O5S/c1-3-8-21-17(23)16(10-13-6-4-11(2)26-13)27-19(21)20-12-5-7-14(18(24)25)15(22)9-12/h3-7,9-10,22H,1,8H2,2H3,(H,24,25)/b16-10-,20-19?. The van der Waals surface area contributed by atoms with Crippen molar-refractivity contribution >= 4 is 40.6 Å². The summed E-state index contributed by atoms with van der Waals surface area (Å²) in [6.07, 6.45) is 3.22.